The molecule has 2 N–H and O–H groups in total. The van der Waals surface area contributed by atoms with Crippen LogP contribution < -0.4 is 5.32 Å². The molecule has 1 aliphatic heterocycles. The molecule has 1 unspecified atom stereocenters. The Morgan fingerprint density at radius 1 is 1.44 bits per heavy atom. The molecule has 0 spiro atoms. The van der Waals surface area contributed by atoms with Gasteiger partial charge in [0.1, 0.15) is 6.10 Å². The standard InChI is InChI=1S/C13H15NO4/c1-8-4-5-9(13(16)17)7-10(8)14-12(15)11-3-2-6-18-11/h4-5,7,11H,2-3,6H2,1H3,(H,14,15)(H,16,17). The highest BCUT2D eigenvalue weighted by Gasteiger charge is 2.24. The zero-order chi connectivity index (χ0) is 13.1. The summed E-state index contributed by atoms with van der Waals surface area (Å²) < 4.78 is 5.28. The van der Waals surface area contributed by atoms with Crippen LogP contribution in [-0.4, -0.2) is 29.7 Å². The first-order valence-electron chi connectivity index (χ1n) is 5.84. The van der Waals surface area contributed by atoms with E-state index in [1.54, 1.807) is 6.07 Å². The van der Waals surface area contributed by atoms with Gasteiger partial charge in [-0.25, -0.2) is 4.79 Å². The molecule has 1 atom stereocenters. The van der Waals surface area contributed by atoms with E-state index in [-0.39, 0.29) is 11.5 Å². The van der Waals surface area contributed by atoms with Crippen molar-refractivity contribution in [3.63, 3.8) is 0 Å². The van der Waals surface area contributed by atoms with Gasteiger partial charge < -0.3 is 15.2 Å². The number of nitrogens with one attached hydrogen (secondary N) is 1. The largest absolute Gasteiger partial charge is 0.478 e. The molecule has 0 aliphatic carbocycles. The number of aromatic carboxylic acids is 1. The van der Waals surface area contributed by atoms with E-state index in [2.05, 4.69) is 5.32 Å². The summed E-state index contributed by atoms with van der Waals surface area (Å²) in [6.07, 6.45) is 1.17. The van der Waals surface area contributed by atoms with Crippen LogP contribution in [-0.2, 0) is 9.53 Å². The van der Waals surface area contributed by atoms with Crippen molar-refractivity contribution in [1.29, 1.82) is 0 Å². The van der Waals surface area contributed by atoms with Gasteiger partial charge in [-0.05, 0) is 37.5 Å². The zero-order valence-electron chi connectivity index (χ0n) is 10.1. The molecule has 1 saturated heterocycles. The number of carbonyl (C=O) groups is 2. The van der Waals surface area contributed by atoms with Crippen molar-refractivity contribution >= 4 is 17.6 Å². The van der Waals surface area contributed by atoms with Crippen molar-refractivity contribution in [3.8, 4) is 0 Å². The van der Waals surface area contributed by atoms with Gasteiger partial charge in [-0.2, -0.15) is 0 Å². The van der Waals surface area contributed by atoms with Crippen LogP contribution in [0.1, 0.15) is 28.8 Å². The van der Waals surface area contributed by atoms with Gasteiger partial charge in [0, 0.05) is 12.3 Å². The van der Waals surface area contributed by atoms with Crippen LogP contribution in [0.3, 0.4) is 0 Å². The Labute approximate surface area is 105 Å². The van der Waals surface area contributed by atoms with E-state index in [0.717, 1.165) is 12.0 Å². The molecule has 0 aromatic heterocycles. The lowest BCUT2D eigenvalue weighted by molar-refractivity contribution is -0.124. The number of carboxylic acids is 1. The van der Waals surface area contributed by atoms with E-state index < -0.39 is 12.1 Å². The van der Waals surface area contributed by atoms with Gasteiger partial charge in [0.2, 0.25) is 0 Å². The minimum Gasteiger partial charge on any atom is -0.478 e. The molecule has 5 heteroatoms. The number of aryl methyl sites for hydroxylation is 1. The predicted octanol–water partition coefficient (Wildman–Crippen LogP) is 1.81. The molecule has 1 heterocycles. The van der Waals surface area contributed by atoms with Crippen molar-refractivity contribution in [3.05, 3.63) is 29.3 Å². The number of anilines is 1. The molecule has 1 fully saturated rings. The van der Waals surface area contributed by atoms with E-state index in [4.69, 9.17) is 9.84 Å². The predicted molar refractivity (Wildman–Crippen MR) is 65.7 cm³/mol. The normalized spacial score (nSPS) is 18.6. The molecule has 0 saturated carbocycles. The SMILES string of the molecule is Cc1ccc(C(=O)O)cc1NC(=O)C1CCCO1. The molecule has 2 rings (SSSR count). The smallest absolute Gasteiger partial charge is 0.335 e. The Kier molecular flexibility index (Phi) is 3.62. The fraction of sp³-hybridized carbons (Fsp3) is 0.385. The van der Waals surface area contributed by atoms with Gasteiger partial charge in [0.05, 0.1) is 5.56 Å². The van der Waals surface area contributed by atoms with Crippen LogP contribution in [0, 0.1) is 6.92 Å². The van der Waals surface area contributed by atoms with Gasteiger partial charge in [-0.15, -0.1) is 0 Å². The minimum absolute atomic E-state index is 0.156. The number of carbonyl (C=O) groups excluding carboxylic acids is 1. The van der Waals surface area contributed by atoms with Crippen molar-refractivity contribution < 1.29 is 19.4 Å². The van der Waals surface area contributed by atoms with E-state index in [0.29, 0.717) is 18.7 Å². The van der Waals surface area contributed by atoms with Crippen molar-refractivity contribution in [2.75, 3.05) is 11.9 Å². The lowest BCUT2D eigenvalue weighted by Crippen LogP contribution is -2.27. The summed E-state index contributed by atoms with van der Waals surface area (Å²) in [5.41, 5.74) is 1.50. The number of carboxylic acid groups (broad SMARTS) is 1. The van der Waals surface area contributed by atoms with Crippen molar-refractivity contribution in [2.45, 2.75) is 25.9 Å². The third kappa shape index (κ3) is 2.68. The van der Waals surface area contributed by atoms with E-state index in [9.17, 15) is 9.59 Å². The van der Waals surface area contributed by atoms with E-state index in [1.807, 2.05) is 6.92 Å². The molecule has 0 radical (unpaired) electrons. The topological polar surface area (TPSA) is 75.6 Å². The summed E-state index contributed by atoms with van der Waals surface area (Å²) in [6.45, 7) is 2.42. The molecular weight excluding hydrogens is 234 g/mol. The summed E-state index contributed by atoms with van der Waals surface area (Å²) in [5.74, 6) is -1.22. The summed E-state index contributed by atoms with van der Waals surface area (Å²) >= 11 is 0. The Bertz CT molecular complexity index is 478. The van der Waals surface area contributed by atoms with Gasteiger partial charge in [0.15, 0.2) is 0 Å². The summed E-state index contributed by atoms with van der Waals surface area (Å²) in [6, 6.07) is 4.65. The molecule has 1 aromatic carbocycles. The third-order valence-electron chi connectivity index (χ3n) is 2.96. The van der Waals surface area contributed by atoms with E-state index in [1.165, 1.54) is 12.1 Å². The average Bonchev–Trinajstić information content (AvgIpc) is 2.85. The fourth-order valence-corrected chi connectivity index (χ4v) is 1.89. The number of hydrogen-bond acceptors (Lipinski definition) is 3. The molecule has 1 aliphatic rings. The first-order valence-corrected chi connectivity index (χ1v) is 5.84. The highest BCUT2D eigenvalue weighted by atomic mass is 16.5. The molecular formula is C13H15NO4. The third-order valence-corrected chi connectivity index (χ3v) is 2.96. The van der Waals surface area contributed by atoms with Crippen molar-refractivity contribution in [1.82, 2.24) is 0 Å². The lowest BCUT2D eigenvalue weighted by atomic mass is 10.1. The number of hydrogen-bond donors (Lipinski definition) is 2. The molecule has 5 nitrogen and oxygen atoms in total. The summed E-state index contributed by atoms with van der Waals surface area (Å²) in [5, 5.41) is 11.6. The van der Waals surface area contributed by atoms with Crippen LogP contribution in [0.5, 0.6) is 0 Å². The van der Waals surface area contributed by atoms with Gasteiger partial charge in [-0.3, -0.25) is 4.79 Å². The van der Waals surface area contributed by atoms with Crippen LogP contribution in [0.25, 0.3) is 0 Å². The van der Waals surface area contributed by atoms with Crippen LogP contribution in [0.4, 0.5) is 5.69 Å². The Morgan fingerprint density at radius 3 is 2.83 bits per heavy atom. The van der Waals surface area contributed by atoms with Gasteiger partial charge >= 0.3 is 5.97 Å². The maximum Gasteiger partial charge on any atom is 0.335 e. The first kappa shape index (κ1) is 12.6. The van der Waals surface area contributed by atoms with Gasteiger partial charge in [-0.1, -0.05) is 6.07 Å². The maximum atomic E-state index is 11.9. The van der Waals surface area contributed by atoms with E-state index >= 15 is 0 Å². The van der Waals surface area contributed by atoms with Crippen LogP contribution in [0.2, 0.25) is 0 Å². The van der Waals surface area contributed by atoms with Crippen LogP contribution in [0.15, 0.2) is 18.2 Å². The number of benzene rings is 1. The van der Waals surface area contributed by atoms with Crippen LogP contribution >= 0.6 is 0 Å². The summed E-state index contributed by atoms with van der Waals surface area (Å²) in [4.78, 5) is 22.7. The molecule has 1 aromatic rings. The second-order valence-corrected chi connectivity index (χ2v) is 4.33. The molecule has 0 bridgehead atoms. The number of amides is 1. The maximum absolute atomic E-state index is 11.9. The molecule has 18 heavy (non-hydrogen) atoms. The number of ether oxygens (including phenoxy) is 1. The lowest BCUT2D eigenvalue weighted by Gasteiger charge is -2.12. The number of rotatable bonds is 3. The Balaban J connectivity index is 2.14. The molecule has 96 valence electrons. The zero-order valence-corrected chi connectivity index (χ0v) is 10.1. The fourth-order valence-electron chi connectivity index (χ4n) is 1.89. The average molecular weight is 249 g/mol. The second-order valence-electron chi connectivity index (χ2n) is 4.33. The highest BCUT2D eigenvalue weighted by molar-refractivity contribution is 5.97. The quantitative estimate of drug-likeness (QED) is 0.856. The Morgan fingerprint density at radius 2 is 2.22 bits per heavy atom. The summed E-state index contributed by atoms with van der Waals surface area (Å²) in [7, 11) is 0. The monoisotopic (exact) mass is 249 g/mol. The van der Waals surface area contributed by atoms with Gasteiger partial charge in [0.25, 0.3) is 5.91 Å². The first-order chi connectivity index (χ1) is 8.58. The highest BCUT2D eigenvalue weighted by Crippen LogP contribution is 2.19. The van der Waals surface area contributed by atoms with Crippen molar-refractivity contribution in [2.24, 2.45) is 0 Å². The second kappa shape index (κ2) is 5.18. The Hall–Kier alpha value is -1.88. The molecule has 1 amide bonds. The minimum atomic E-state index is -1.01.